The van der Waals surface area contributed by atoms with E-state index in [1.165, 1.54) is 4.90 Å². The number of hydrogen-bond acceptors (Lipinski definition) is 4. The van der Waals surface area contributed by atoms with E-state index >= 15 is 0 Å². The van der Waals surface area contributed by atoms with E-state index in [9.17, 15) is 14.4 Å². The number of amides is 3. The van der Waals surface area contributed by atoms with Crippen molar-refractivity contribution in [2.75, 3.05) is 6.54 Å². The highest BCUT2D eigenvalue weighted by molar-refractivity contribution is 6.21. The van der Waals surface area contributed by atoms with Gasteiger partial charge < -0.3 is 5.32 Å². The molecule has 1 N–H and O–H groups in total. The number of carbonyl (C=O) groups is 3. The zero-order valence-corrected chi connectivity index (χ0v) is 16.3. The second kappa shape index (κ2) is 8.69. The summed E-state index contributed by atoms with van der Waals surface area (Å²) in [5, 5.41) is 3.06. The van der Waals surface area contributed by atoms with Crippen LogP contribution in [0.1, 0.15) is 50.7 Å². The summed E-state index contributed by atoms with van der Waals surface area (Å²) < 4.78 is 0. The van der Waals surface area contributed by atoms with Crippen LogP contribution in [0.15, 0.2) is 79.1 Å². The molecule has 0 aliphatic carbocycles. The normalized spacial score (nSPS) is 13.8. The lowest BCUT2D eigenvalue weighted by molar-refractivity contribution is -0.121. The van der Waals surface area contributed by atoms with Crippen LogP contribution in [0.5, 0.6) is 0 Å². The summed E-state index contributed by atoms with van der Waals surface area (Å²) in [6.45, 7) is 0.213. The van der Waals surface area contributed by atoms with E-state index < -0.39 is 0 Å². The summed E-state index contributed by atoms with van der Waals surface area (Å²) in [6.07, 6.45) is 4.00. The fraction of sp³-hybridized carbons (Fsp3) is 0.167. The van der Waals surface area contributed by atoms with Crippen molar-refractivity contribution in [3.8, 4) is 0 Å². The van der Waals surface area contributed by atoms with Crippen LogP contribution < -0.4 is 5.32 Å². The second-order valence-electron chi connectivity index (χ2n) is 7.10. The molecule has 30 heavy (non-hydrogen) atoms. The van der Waals surface area contributed by atoms with Crippen LogP contribution >= 0.6 is 0 Å². The number of imide groups is 1. The molecule has 1 aliphatic rings. The van der Waals surface area contributed by atoms with Gasteiger partial charge in [0.1, 0.15) is 0 Å². The number of fused-ring (bicyclic) bond motifs is 1. The van der Waals surface area contributed by atoms with Crippen molar-refractivity contribution in [1.29, 1.82) is 0 Å². The van der Waals surface area contributed by atoms with Crippen LogP contribution in [-0.4, -0.2) is 34.2 Å². The molecule has 3 amide bonds. The number of benzene rings is 2. The SMILES string of the molecule is O=C(CCCN1C(=O)c2ccccc2C1=O)NC(c1ccccc1)c1ccncc1. The zero-order chi connectivity index (χ0) is 20.9. The van der Waals surface area contributed by atoms with Crippen LogP contribution in [0.4, 0.5) is 0 Å². The molecule has 1 aromatic heterocycles. The maximum atomic E-state index is 12.6. The van der Waals surface area contributed by atoms with Crippen LogP contribution in [-0.2, 0) is 4.79 Å². The van der Waals surface area contributed by atoms with Gasteiger partial charge in [-0.15, -0.1) is 0 Å². The first-order chi connectivity index (χ1) is 14.6. The summed E-state index contributed by atoms with van der Waals surface area (Å²) in [5.74, 6) is -0.734. The molecule has 1 atom stereocenters. The molecule has 3 aromatic rings. The molecular weight excluding hydrogens is 378 g/mol. The van der Waals surface area contributed by atoms with Gasteiger partial charge in [0.25, 0.3) is 11.8 Å². The third kappa shape index (κ3) is 3.98. The Labute approximate surface area is 174 Å². The lowest BCUT2D eigenvalue weighted by Gasteiger charge is -2.20. The summed E-state index contributed by atoms with van der Waals surface area (Å²) in [6, 6.07) is 20.0. The topological polar surface area (TPSA) is 79.4 Å². The van der Waals surface area contributed by atoms with Crippen LogP contribution in [0.3, 0.4) is 0 Å². The standard InChI is InChI=1S/C24H21N3O3/c28-21(11-6-16-27-23(29)19-9-4-5-10-20(19)24(27)30)26-22(17-7-2-1-3-8-17)18-12-14-25-15-13-18/h1-5,7-10,12-15,22H,6,11,16H2,(H,26,28). The van der Waals surface area contributed by atoms with Crippen molar-refractivity contribution in [3.63, 3.8) is 0 Å². The van der Waals surface area contributed by atoms with E-state index in [2.05, 4.69) is 10.3 Å². The van der Waals surface area contributed by atoms with Crippen molar-refractivity contribution in [2.45, 2.75) is 18.9 Å². The molecule has 0 radical (unpaired) electrons. The molecule has 2 heterocycles. The Hall–Kier alpha value is -3.80. The lowest BCUT2D eigenvalue weighted by atomic mass is 9.99. The van der Waals surface area contributed by atoms with Crippen molar-refractivity contribution in [1.82, 2.24) is 15.2 Å². The second-order valence-corrected chi connectivity index (χ2v) is 7.10. The van der Waals surface area contributed by atoms with E-state index in [-0.39, 0.29) is 36.7 Å². The Bertz CT molecular complexity index is 993. The smallest absolute Gasteiger partial charge is 0.261 e. The van der Waals surface area contributed by atoms with Gasteiger partial charge in [-0.1, -0.05) is 42.5 Å². The number of carbonyl (C=O) groups excluding carboxylic acids is 3. The minimum Gasteiger partial charge on any atom is -0.345 e. The van der Waals surface area contributed by atoms with E-state index in [1.54, 1.807) is 36.7 Å². The fourth-order valence-electron chi connectivity index (χ4n) is 3.63. The molecule has 150 valence electrons. The average molecular weight is 399 g/mol. The Morgan fingerprint density at radius 3 is 2.03 bits per heavy atom. The third-order valence-corrected chi connectivity index (χ3v) is 5.14. The van der Waals surface area contributed by atoms with Crippen molar-refractivity contribution in [2.24, 2.45) is 0 Å². The van der Waals surface area contributed by atoms with E-state index in [0.29, 0.717) is 17.5 Å². The quantitative estimate of drug-likeness (QED) is 0.618. The number of hydrogen-bond donors (Lipinski definition) is 1. The molecule has 6 nitrogen and oxygen atoms in total. The van der Waals surface area contributed by atoms with Crippen molar-refractivity contribution < 1.29 is 14.4 Å². The highest BCUT2D eigenvalue weighted by atomic mass is 16.2. The molecule has 6 heteroatoms. The molecule has 1 aliphatic heterocycles. The fourth-order valence-corrected chi connectivity index (χ4v) is 3.63. The van der Waals surface area contributed by atoms with Crippen LogP contribution in [0.25, 0.3) is 0 Å². The predicted molar refractivity (Wildman–Crippen MR) is 112 cm³/mol. The number of rotatable bonds is 7. The number of nitrogens with zero attached hydrogens (tertiary/aromatic N) is 2. The molecule has 1 unspecified atom stereocenters. The Kier molecular flexibility index (Phi) is 5.66. The predicted octanol–water partition coefficient (Wildman–Crippen LogP) is 3.36. The molecule has 2 aromatic carbocycles. The summed E-state index contributed by atoms with van der Waals surface area (Å²) in [5.41, 5.74) is 2.75. The average Bonchev–Trinajstić information content (AvgIpc) is 3.04. The number of nitrogens with one attached hydrogen (secondary N) is 1. The monoisotopic (exact) mass is 399 g/mol. The maximum Gasteiger partial charge on any atom is 0.261 e. The summed E-state index contributed by atoms with van der Waals surface area (Å²) in [4.78, 5) is 42.8. The molecule has 0 fully saturated rings. The summed E-state index contributed by atoms with van der Waals surface area (Å²) in [7, 11) is 0. The first kappa shape index (κ1) is 19.5. The minimum absolute atomic E-state index is 0.141. The lowest BCUT2D eigenvalue weighted by Crippen LogP contribution is -2.33. The Morgan fingerprint density at radius 1 is 0.833 bits per heavy atom. The van der Waals surface area contributed by atoms with E-state index in [4.69, 9.17) is 0 Å². The molecule has 0 spiro atoms. The first-order valence-corrected chi connectivity index (χ1v) is 9.84. The van der Waals surface area contributed by atoms with Gasteiger partial charge in [0.2, 0.25) is 5.91 Å². The highest BCUT2D eigenvalue weighted by Crippen LogP contribution is 2.23. The third-order valence-electron chi connectivity index (χ3n) is 5.14. The molecule has 0 saturated carbocycles. The zero-order valence-electron chi connectivity index (χ0n) is 16.3. The van der Waals surface area contributed by atoms with Gasteiger partial charge in [-0.05, 0) is 41.8 Å². The van der Waals surface area contributed by atoms with Gasteiger partial charge in [0.15, 0.2) is 0 Å². The Morgan fingerprint density at radius 2 is 1.40 bits per heavy atom. The van der Waals surface area contributed by atoms with Gasteiger partial charge in [0.05, 0.1) is 17.2 Å². The van der Waals surface area contributed by atoms with E-state index in [1.807, 2.05) is 42.5 Å². The molecule has 0 bridgehead atoms. The maximum absolute atomic E-state index is 12.6. The summed E-state index contributed by atoms with van der Waals surface area (Å²) >= 11 is 0. The van der Waals surface area contributed by atoms with Gasteiger partial charge in [-0.2, -0.15) is 0 Å². The van der Waals surface area contributed by atoms with Crippen molar-refractivity contribution >= 4 is 17.7 Å². The first-order valence-electron chi connectivity index (χ1n) is 9.84. The molecule has 4 rings (SSSR count). The number of pyridine rings is 1. The van der Waals surface area contributed by atoms with Crippen LogP contribution in [0.2, 0.25) is 0 Å². The highest BCUT2D eigenvalue weighted by Gasteiger charge is 2.34. The van der Waals surface area contributed by atoms with E-state index in [0.717, 1.165) is 11.1 Å². The van der Waals surface area contributed by atoms with Crippen molar-refractivity contribution in [3.05, 3.63) is 101 Å². The van der Waals surface area contributed by atoms with Gasteiger partial charge in [0, 0.05) is 25.4 Å². The van der Waals surface area contributed by atoms with Gasteiger partial charge in [-0.3, -0.25) is 24.3 Å². The van der Waals surface area contributed by atoms with Crippen LogP contribution in [0, 0.1) is 0 Å². The van der Waals surface area contributed by atoms with Gasteiger partial charge in [-0.25, -0.2) is 0 Å². The Balaban J connectivity index is 1.38. The molecule has 0 saturated heterocycles. The molecular formula is C24H21N3O3. The van der Waals surface area contributed by atoms with Gasteiger partial charge >= 0.3 is 0 Å². The largest absolute Gasteiger partial charge is 0.345 e. The minimum atomic E-state index is -0.296. The number of aromatic nitrogens is 1.